The topological polar surface area (TPSA) is 101 Å². The number of rotatable bonds is 5. The molecule has 2 atom stereocenters. The van der Waals surface area contributed by atoms with Crippen molar-refractivity contribution in [2.45, 2.75) is 57.5 Å². The Labute approximate surface area is 179 Å². The zero-order valence-electron chi connectivity index (χ0n) is 18.0. The van der Waals surface area contributed by atoms with E-state index >= 15 is 0 Å². The van der Waals surface area contributed by atoms with Crippen LogP contribution in [0.2, 0.25) is 0 Å². The highest BCUT2D eigenvalue weighted by Gasteiger charge is 2.47. The first kappa shape index (κ1) is 24.3. The number of hydrogen-bond donors (Lipinski definition) is 2. The number of amides is 2. The molecule has 0 bridgehead atoms. The Balaban J connectivity index is 0.00000101. The standard InChI is InChI=1S/C21H35N3O3.CH2O2/c1-2-3-8-19(26)23-13-7-10-21(16-23)17-24(14-9-18(21)25)20(27)15-22-11-5-4-6-12-22;2-1-3/h2,18,25H,1,3-17H2;1H,(H,2,3)/t18-,21+;/m1./s1. The summed E-state index contributed by atoms with van der Waals surface area (Å²) in [4.78, 5) is 39.8. The predicted octanol–water partition coefficient (Wildman–Crippen LogP) is 1.34. The summed E-state index contributed by atoms with van der Waals surface area (Å²) in [5.74, 6) is 0.316. The molecule has 3 heterocycles. The molecule has 0 saturated carbocycles. The first-order chi connectivity index (χ1) is 14.5. The summed E-state index contributed by atoms with van der Waals surface area (Å²) in [5.41, 5.74) is -0.363. The second kappa shape index (κ2) is 12.1. The van der Waals surface area contributed by atoms with Crippen molar-refractivity contribution in [2.75, 3.05) is 45.8 Å². The van der Waals surface area contributed by atoms with Crippen LogP contribution in [0.1, 0.15) is 51.4 Å². The third-order valence-electron chi connectivity index (χ3n) is 6.57. The van der Waals surface area contributed by atoms with Crippen molar-refractivity contribution >= 4 is 18.3 Å². The highest BCUT2D eigenvalue weighted by atomic mass is 16.3. The maximum Gasteiger partial charge on any atom is 0.290 e. The normalized spacial score (nSPS) is 27.2. The molecular formula is C22H37N3O5. The number of carboxylic acid groups (broad SMARTS) is 1. The van der Waals surface area contributed by atoms with Gasteiger partial charge >= 0.3 is 0 Å². The lowest BCUT2D eigenvalue weighted by atomic mass is 9.71. The molecule has 2 amide bonds. The molecule has 3 saturated heterocycles. The van der Waals surface area contributed by atoms with Crippen molar-refractivity contribution in [2.24, 2.45) is 5.41 Å². The zero-order valence-corrected chi connectivity index (χ0v) is 18.0. The van der Waals surface area contributed by atoms with Crippen LogP contribution in [0, 0.1) is 5.41 Å². The number of allylic oxidation sites excluding steroid dienone is 1. The predicted molar refractivity (Wildman–Crippen MR) is 114 cm³/mol. The Bertz CT molecular complexity index is 593. The van der Waals surface area contributed by atoms with Gasteiger partial charge in [0.05, 0.1) is 12.6 Å². The Kier molecular flexibility index (Phi) is 9.78. The number of piperidine rings is 3. The summed E-state index contributed by atoms with van der Waals surface area (Å²) >= 11 is 0. The van der Waals surface area contributed by atoms with Crippen LogP contribution >= 0.6 is 0 Å². The number of likely N-dealkylation sites (tertiary alicyclic amines) is 3. The molecule has 8 nitrogen and oxygen atoms in total. The van der Waals surface area contributed by atoms with Gasteiger partial charge in [-0.05, 0) is 51.6 Å². The van der Waals surface area contributed by atoms with Crippen LogP contribution in [-0.2, 0) is 14.4 Å². The van der Waals surface area contributed by atoms with Crippen molar-refractivity contribution in [3.63, 3.8) is 0 Å². The Morgan fingerprint density at radius 1 is 1.00 bits per heavy atom. The highest BCUT2D eigenvalue weighted by Crippen LogP contribution is 2.39. The van der Waals surface area contributed by atoms with Gasteiger partial charge in [-0.2, -0.15) is 0 Å². The van der Waals surface area contributed by atoms with Gasteiger partial charge < -0.3 is 20.0 Å². The number of carbonyl (C=O) groups is 3. The lowest BCUT2D eigenvalue weighted by Crippen LogP contribution is -2.61. The maximum atomic E-state index is 12.9. The average molecular weight is 424 g/mol. The summed E-state index contributed by atoms with van der Waals surface area (Å²) < 4.78 is 0. The van der Waals surface area contributed by atoms with E-state index in [9.17, 15) is 14.7 Å². The quantitative estimate of drug-likeness (QED) is 0.511. The third kappa shape index (κ3) is 6.54. The summed E-state index contributed by atoms with van der Waals surface area (Å²) in [6.07, 6.45) is 8.51. The molecule has 3 aliphatic rings. The largest absolute Gasteiger partial charge is 0.483 e. The molecule has 0 aromatic carbocycles. The van der Waals surface area contributed by atoms with E-state index in [0.717, 1.165) is 32.5 Å². The SMILES string of the molecule is C=CCCC(=O)N1CCC[C@]2(C1)CN(C(=O)CN1CCCCC1)CC[C@H]2O.O=CO. The van der Waals surface area contributed by atoms with Crippen LogP contribution in [0.3, 0.4) is 0 Å². The van der Waals surface area contributed by atoms with Gasteiger partial charge in [-0.3, -0.25) is 19.3 Å². The second-order valence-electron chi connectivity index (χ2n) is 8.67. The molecule has 30 heavy (non-hydrogen) atoms. The fourth-order valence-corrected chi connectivity index (χ4v) is 4.93. The van der Waals surface area contributed by atoms with Gasteiger partial charge in [0.1, 0.15) is 0 Å². The smallest absolute Gasteiger partial charge is 0.290 e. The van der Waals surface area contributed by atoms with Crippen LogP contribution in [0.5, 0.6) is 0 Å². The minimum absolute atomic E-state index is 0.137. The highest BCUT2D eigenvalue weighted by molar-refractivity contribution is 5.79. The molecule has 3 rings (SSSR count). The van der Waals surface area contributed by atoms with E-state index in [1.807, 2.05) is 9.80 Å². The summed E-state index contributed by atoms with van der Waals surface area (Å²) in [6, 6.07) is 0. The van der Waals surface area contributed by atoms with Crippen molar-refractivity contribution in [1.29, 1.82) is 0 Å². The van der Waals surface area contributed by atoms with Gasteiger partial charge in [-0.1, -0.05) is 12.5 Å². The van der Waals surface area contributed by atoms with Crippen molar-refractivity contribution in [1.82, 2.24) is 14.7 Å². The lowest BCUT2D eigenvalue weighted by Gasteiger charge is -2.51. The van der Waals surface area contributed by atoms with E-state index in [4.69, 9.17) is 9.90 Å². The van der Waals surface area contributed by atoms with Gasteiger partial charge in [-0.25, -0.2) is 0 Å². The van der Waals surface area contributed by atoms with E-state index in [2.05, 4.69) is 11.5 Å². The van der Waals surface area contributed by atoms with Gasteiger partial charge in [0, 0.05) is 38.0 Å². The third-order valence-corrected chi connectivity index (χ3v) is 6.57. The lowest BCUT2D eigenvalue weighted by molar-refractivity contribution is -0.149. The molecule has 2 N–H and O–H groups in total. The van der Waals surface area contributed by atoms with Gasteiger partial charge in [0.2, 0.25) is 11.8 Å². The molecular weight excluding hydrogens is 386 g/mol. The summed E-state index contributed by atoms with van der Waals surface area (Å²) in [5, 5.41) is 17.7. The minimum atomic E-state index is -0.438. The summed E-state index contributed by atoms with van der Waals surface area (Å²) in [6.45, 7) is 8.49. The fraction of sp³-hybridized carbons (Fsp3) is 0.773. The first-order valence-corrected chi connectivity index (χ1v) is 11.1. The van der Waals surface area contributed by atoms with Crippen LogP contribution in [0.25, 0.3) is 0 Å². The molecule has 8 heteroatoms. The van der Waals surface area contributed by atoms with Crippen LogP contribution in [0.15, 0.2) is 12.7 Å². The average Bonchev–Trinajstić information content (AvgIpc) is 2.75. The molecule has 0 aliphatic carbocycles. The number of aliphatic hydroxyl groups excluding tert-OH is 1. The summed E-state index contributed by atoms with van der Waals surface area (Å²) in [7, 11) is 0. The number of aliphatic hydroxyl groups is 1. The number of nitrogens with zero attached hydrogens (tertiary/aromatic N) is 3. The second-order valence-corrected chi connectivity index (χ2v) is 8.67. The Morgan fingerprint density at radius 3 is 2.27 bits per heavy atom. The molecule has 170 valence electrons. The molecule has 0 aromatic rings. The van der Waals surface area contributed by atoms with Crippen molar-refractivity contribution in [3.8, 4) is 0 Å². The van der Waals surface area contributed by atoms with E-state index in [1.165, 1.54) is 19.3 Å². The van der Waals surface area contributed by atoms with Crippen LogP contribution in [0.4, 0.5) is 0 Å². The van der Waals surface area contributed by atoms with Crippen molar-refractivity contribution in [3.05, 3.63) is 12.7 Å². The maximum absolute atomic E-state index is 12.9. The molecule has 0 radical (unpaired) electrons. The molecule has 0 aromatic heterocycles. The van der Waals surface area contributed by atoms with E-state index in [-0.39, 0.29) is 23.7 Å². The van der Waals surface area contributed by atoms with Crippen molar-refractivity contribution < 1.29 is 24.6 Å². The van der Waals surface area contributed by atoms with Gasteiger partial charge in [-0.15, -0.1) is 6.58 Å². The van der Waals surface area contributed by atoms with Gasteiger partial charge in [0.15, 0.2) is 0 Å². The zero-order chi connectivity index (χ0) is 22.0. The molecule has 0 unspecified atom stereocenters. The van der Waals surface area contributed by atoms with Gasteiger partial charge in [0.25, 0.3) is 6.47 Å². The van der Waals surface area contributed by atoms with Crippen LogP contribution in [-0.4, -0.2) is 95.1 Å². The monoisotopic (exact) mass is 423 g/mol. The molecule has 3 aliphatic heterocycles. The number of hydrogen-bond acceptors (Lipinski definition) is 5. The van der Waals surface area contributed by atoms with Crippen LogP contribution < -0.4 is 0 Å². The Hall–Kier alpha value is -1.93. The van der Waals surface area contributed by atoms with E-state index < -0.39 is 6.10 Å². The minimum Gasteiger partial charge on any atom is -0.483 e. The Morgan fingerprint density at radius 2 is 1.63 bits per heavy atom. The van der Waals surface area contributed by atoms with E-state index in [1.54, 1.807) is 6.08 Å². The fourth-order valence-electron chi connectivity index (χ4n) is 4.93. The molecule has 1 spiro atoms. The molecule has 3 fully saturated rings. The number of carbonyl (C=O) groups excluding carboxylic acids is 2. The first-order valence-electron chi connectivity index (χ1n) is 11.1. The van der Waals surface area contributed by atoms with E-state index in [0.29, 0.717) is 45.4 Å².